The van der Waals surface area contributed by atoms with E-state index in [4.69, 9.17) is 21.1 Å². The Morgan fingerprint density at radius 1 is 1.07 bits per heavy atom. The number of benzene rings is 1. The van der Waals surface area contributed by atoms with Gasteiger partial charge in [0.2, 0.25) is 5.13 Å². The van der Waals surface area contributed by atoms with Crippen LogP contribution in [0.3, 0.4) is 0 Å². The fraction of sp³-hybridized carbons (Fsp3) is 0.148. The lowest BCUT2D eigenvalue weighted by molar-refractivity contribution is 0.102. The summed E-state index contributed by atoms with van der Waals surface area (Å²) in [6.45, 7) is 1.81. The highest BCUT2D eigenvalue weighted by molar-refractivity contribution is 7.17. The van der Waals surface area contributed by atoms with Gasteiger partial charge in [0, 0.05) is 35.2 Å². The number of amides is 1. The molecule has 1 N–H and O–H groups in total. The van der Waals surface area contributed by atoms with E-state index in [-0.39, 0.29) is 50.8 Å². The van der Waals surface area contributed by atoms with Crippen LogP contribution in [-0.2, 0) is 6.61 Å². The summed E-state index contributed by atoms with van der Waals surface area (Å²) in [7, 11) is 1.37. The quantitative estimate of drug-likeness (QED) is 0.236. The number of hydrogen-bond donors (Lipinski definition) is 1. The van der Waals surface area contributed by atoms with E-state index in [9.17, 15) is 18.4 Å². The minimum absolute atomic E-state index is 0.00772. The molecule has 11 nitrogen and oxygen atoms in total. The Morgan fingerprint density at radius 2 is 1.90 bits per heavy atom. The topological polar surface area (TPSA) is 134 Å². The minimum atomic E-state index is -2.78. The van der Waals surface area contributed by atoms with E-state index in [1.807, 2.05) is 0 Å². The van der Waals surface area contributed by atoms with Crippen LogP contribution in [0.4, 0.5) is 13.9 Å². The molecule has 0 spiro atoms. The fourth-order valence-electron chi connectivity index (χ4n) is 3.82. The molecule has 0 aliphatic heterocycles. The molecule has 0 aliphatic rings. The smallest absolute Gasteiger partial charge is 0.296 e. The summed E-state index contributed by atoms with van der Waals surface area (Å²) in [6, 6.07) is 9.95. The first-order valence-corrected chi connectivity index (χ1v) is 13.3. The second kappa shape index (κ2) is 12.4. The second-order valence-corrected chi connectivity index (χ2v) is 10.1. The molecular formula is C27H20ClF2N7O4S. The Morgan fingerprint density at radius 3 is 2.62 bits per heavy atom. The van der Waals surface area contributed by atoms with Gasteiger partial charge < -0.3 is 9.47 Å². The Labute approximate surface area is 245 Å². The van der Waals surface area contributed by atoms with Crippen LogP contribution in [-0.4, -0.2) is 43.0 Å². The van der Waals surface area contributed by atoms with Crippen molar-refractivity contribution in [2.45, 2.75) is 20.0 Å². The maximum atomic E-state index is 13.6. The lowest BCUT2D eigenvalue weighted by Gasteiger charge is -2.15. The molecule has 1 amide bonds. The summed E-state index contributed by atoms with van der Waals surface area (Å²) >= 11 is 6.81. The minimum Gasteiger partial charge on any atom is -0.496 e. The van der Waals surface area contributed by atoms with Gasteiger partial charge in [-0.25, -0.2) is 13.8 Å². The standard InChI is InChI=1S/C27H20ClF2N7O4S/c1-14-7-23(38)37(33-10-14)22-9-18(19-8-15(24(29)30)3-6-21(19)40-2)20(12-32-22)25(39)34-26-35-36-27(42-26)41-13-17-5-4-16(28)11-31-17/h3-12,24H,13H2,1-2H3,(H,34,35,39). The predicted octanol–water partition coefficient (Wildman–Crippen LogP) is 5.28. The highest BCUT2D eigenvalue weighted by atomic mass is 35.5. The number of methoxy groups -OCH3 is 1. The summed E-state index contributed by atoms with van der Waals surface area (Å²) in [5, 5.41) is 15.4. The van der Waals surface area contributed by atoms with Crippen molar-refractivity contribution in [3.8, 4) is 27.9 Å². The van der Waals surface area contributed by atoms with Gasteiger partial charge in [0.15, 0.2) is 5.82 Å². The van der Waals surface area contributed by atoms with Gasteiger partial charge >= 0.3 is 0 Å². The Balaban J connectivity index is 1.49. The zero-order valence-corrected chi connectivity index (χ0v) is 23.5. The lowest BCUT2D eigenvalue weighted by atomic mass is 9.98. The molecule has 15 heteroatoms. The molecule has 4 aromatic heterocycles. The normalized spacial score (nSPS) is 11.0. The van der Waals surface area contributed by atoms with Gasteiger partial charge in [-0.05, 0) is 60.2 Å². The number of halogens is 3. The average molecular weight is 612 g/mol. The number of alkyl halides is 2. The molecule has 214 valence electrons. The van der Waals surface area contributed by atoms with Crippen molar-refractivity contribution < 1.29 is 23.0 Å². The Bertz CT molecular complexity index is 1820. The van der Waals surface area contributed by atoms with Crippen molar-refractivity contribution in [1.82, 2.24) is 29.9 Å². The van der Waals surface area contributed by atoms with Gasteiger partial charge in [-0.2, -0.15) is 9.78 Å². The predicted molar refractivity (Wildman–Crippen MR) is 151 cm³/mol. The third-order valence-corrected chi connectivity index (χ3v) is 6.79. The summed E-state index contributed by atoms with van der Waals surface area (Å²) in [6.07, 6.45) is 1.39. The van der Waals surface area contributed by atoms with Crippen molar-refractivity contribution in [2.24, 2.45) is 0 Å². The molecule has 1 aromatic carbocycles. The van der Waals surface area contributed by atoms with E-state index in [1.54, 1.807) is 19.1 Å². The summed E-state index contributed by atoms with van der Waals surface area (Å²) < 4.78 is 39.3. The van der Waals surface area contributed by atoms with E-state index >= 15 is 0 Å². The van der Waals surface area contributed by atoms with Crippen LogP contribution in [0.1, 0.15) is 33.6 Å². The fourth-order valence-corrected chi connectivity index (χ4v) is 4.52. The average Bonchev–Trinajstić information content (AvgIpc) is 3.43. The number of carbonyl (C=O) groups excluding carboxylic acids is 1. The second-order valence-electron chi connectivity index (χ2n) is 8.72. The van der Waals surface area contributed by atoms with Gasteiger partial charge in [-0.15, -0.1) is 5.10 Å². The number of carbonyl (C=O) groups is 1. The van der Waals surface area contributed by atoms with Crippen LogP contribution < -0.4 is 20.3 Å². The maximum Gasteiger partial charge on any atom is 0.296 e. The number of nitrogens with one attached hydrogen (secondary N) is 1. The zero-order chi connectivity index (χ0) is 29.8. The summed E-state index contributed by atoms with van der Waals surface area (Å²) in [5.41, 5.74) is 0.840. The molecule has 0 aliphatic carbocycles. The lowest BCUT2D eigenvalue weighted by Crippen LogP contribution is -2.22. The van der Waals surface area contributed by atoms with Crippen molar-refractivity contribution in [3.63, 3.8) is 0 Å². The van der Waals surface area contributed by atoms with Crippen molar-refractivity contribution >= 4 is 34.0 Å². The molecule has 5 rings (SSSR count). The number of pyridine rings is 2. The Kier molecular flexibility index (Phi) is 8.45. The van der Waals surface area contributed by atoms with E-state index in [2.05, 4.69) is 30.6 Å². The third-order valence-electron chi connectivity index (χ3n) is 5.81. The number of aromatic nitrogens is 6. The number of nitrogens with zero attached hydrogens (tertiary/aromatic N) is 6. The van der Waals surface area contributed by atoms with Gasteiger partial charge in [0.05, 0.1) is 29.6 Å². The van der Waals surface area contributed by atoms with Gasteiger partial charge in [-0.1, -0.05) is 16.7 Å². The molecule has 0 atom stereocenters. The SMILES string of the molecule is COc1ccc(C(F)F)cc1-c1cc(-n2ncc(C)cc2=O)ncc1C(=O)Nc1nnc(OCc2ccc(Cl)cn2)s1. The van der Waals surface area contributed by atoms with Crippen molar-refractivity contribution in [2.75, 3.05) is 12.4 Å². The van der Waals surface area contributed by atoms with E-state index in [0.29, 0.717) is 16.3 Å². The molecular weight excluding hydrogens is 592 g/mol. The monoisotopic (exact) mass is 611 g/mol. The first-order chi connectivity index (χ1) is 20.2. The van der Waals surface area contributed by atoms with E-state index < -0.39 is 17.9 Å². The van der Waals surface area contributed by atoms with Crippen LogP contribution in [0.5, 0.6) is 10.9 Å². The molecule has 42 heavy (non-hydrogen) atoms. The van der Waals surface area contributed by atoms with Crippen LogP contribution in [0, 0.1) is 6.92 Å². The van der Waals surface area contributed by atoms with Crippen LogP contribution in [0.2, 0.25) is 5.02 Å². The Hall–Kier alpha value is -4.82. The van der Waals surface area contributed by atoms with Crippen LogP contribution in [0.15, 0.2) is 65.8 Å². The van der Waals surface area contributed by atoms with Crippen molar-refractivity contribution in [3.05, 3.63) is 98.8 Å². The van der Waals surface area contributed by atoms with Crippen LogP contribution >= 0.6 is 22.9 Å². The highest BCUT2D eigenvalue weighted by Crippen LogP contribution is 2.36. The molecule has 4 heterocycles. The first-order valence-electron chi connectivity index (χ1n) is 12.1. The third kappa shape index (κ3) is 6.39. The van der Waals surface area contributed by atoms with E-state index in [0.717, 1.165) is 16.0 Å². The van der Waals surface area contributed by atoms with Gasteiger partial charge in [0.25, 0.3) is 23.1 Å². The summed E-state index contributed by atoms with van der Waals surface area (Å²) in [4.78, 5) is 34.4. The number of aryl methyl sites for hydroxylation is 1. The number of rotatable bonds is 9. The van der Waals surface area contributed by atoms with Crippen LogP contribution in [0.25, 0.3) is 16.9 Å². The first kappa shape index (κ1) is 28.7. The molecule has 0 bridgehead atoms. The number of anilines is 1. The van der Waals surface area contributed by atoms with Gasteiger partial charge in [0.1, 0.15) is 12.4 Å². The number of hydrogen-bond acceptors (Lipinski definition) is 10. The van der Waals surface area contributed by atoms with Gasteiger partial charge in [-0.3, -0.25) is 19.9 Å². The molecule has 0 saturated heterocycles. The highest BCUT2D eigenvalue weighted by Gasteiger charge is 2.22. The molecule has 0 saturated carbocycles. The molecule has 0 fully saturated rings. The van der Waals surface area contributed by atoms with Crippen molar-refractivity contribution in [1.29, 1.82) is 0 Å². The number of ether oxygens (including phenoxy) is 2. The molecule has 0 radical (unpaired) electrons. The largest absolute Gasteiger partial charge is 0.496 e. The van der Waals surface area contributed by atoms with E-state index in [1.165, 1.54) is 56.0 Å². The molecule has 5 aromatic rings. The maximum absolute atomic E-state index is 13.6. The summed E-state index contributed by atoms with van der Waals surface area (Å²) in [5.74, 6) is -0.379. The zero-order valence-electron chi connectivity index (χ0n) is 21.9. The molecule has 0 unspecified atom stereocenters.